The minimum atomic E-state index is -3.43. The van der Waals surface area contributed by atoms with Crippen LogP contribution >= 0.6 is 0 Å². The molecule has 1 aliphatic heterocycles. The van der Waals surface area contributed by atoms with Crippen LogP contribution in [0.2, 0.25) is 0 Å². The zero-order valence-electron chi connectivity index (χ0n) is 15.0. The molecule has 1 aromatic carbocycles. The predicted molar refractivity (Wildman–Crippen MR) is 98.2 cm³/mol. The molecule has 0 bridgehead atoms. The van der Waals surface area contributed by atoms with Crippen LogP contribution in [0.25, 0.3) is 0 Å². The van der Waals surface area contributed by atoms with Crippen molar-refractivity contribution in [2.24, 2.45) is 17.3 Å². The second-order valence-electron chi connectivity index (χ2n) is 7.73. The van der Waals surface area contributed by atoms with E-state index in [-0.39, 0.29) is 11.3 Å². The van der Waals surface area contributed by atoms with Crippen LogP contribution in [0.5, 0.6) is 0 Å². The van der Waals surface area contributed by atoms with E-state index in [1.165, 1.54) is 5.57 Å². The monoisotopic (exact) mass is 345 g/mol. The number of sulfonamides is 1. The zero-order chi connectivity index (χ0) is 17.5. The Morgan fingerprint density at radius 1 is 1.21 bits per heavy atom. The minimum absolute atomic E-state index is 0.121. The Balaban J connectivity index is 1.93. The van der Waals surface area contributed by atoms with Crippen molar-refractivity contribution in [1.82, 2.24) is 4.31 Å². The second-order valence-corrected chi connectivity index (χ2v) is 9.67. The van der Waals surface area contributed by atoms with Crippen molar-refractivity contribution < 1.29 is 8.42 Å². The highest BCUT2D eigenvalue weighted by molar-refractivity contribution is 7.89. The highest BCUT2D eigenvalue weighted by atomic mass is 32.2. The molecule has 0 aromatic heterocycles. The van der Waals surface area contributed by atoms with E-state index in [2.05, 4.69) is 39.0 Å². The molecule has 1 saturated heterocycles. The molecule has 2 atom stereocenters. The van der Waals surface area contributed by atoms with Crippen LogP contribution in [0.15, 0.2) is 53.0 Å². The third kappa shape index (κ3) is 3.09. The van der Waals surface area contributed by atoms with Gasteiger partial charge in [0.2, 0.25) is 10.0 Å². The molecule has 3 rings (SSSR count). The maximum atomic E-state index is 13.0. The average molecular weight is 346 g/mol. The lowest BCUT2D eigenvalue weighted by molar-refractivity contribution is 0.381. The van der Waals surface area contributed by atoms with Crippen molar-refractivity contribution >= 4 is 10.0 Å². The Kier molecular flexibility index (Phi) is 4.47. The molecule has 4 heteroatoms. The smallest absolute Gasteiger partial charge is 0.207 e. The van der Waals surface area contributed by atoms with Gasteiger partial charge >= 0.3 is 0 Å². The Morgan fingerprint density at radius 3 is 2.50 bits per heavy atom. The second kappa shape index (κ2) is 6.16. The number of hydrogen-bond donors (Lipinski definition) is 0. The van der Waals surface area contributed by atoms with Crippen molar-refractivity contribution in [3.63, 3.8) is 0 Å². The summed E-state index contributed by atoms with van der Waals surface area (Å²) in [4.78, 5) is 0.394. The molecule has 1 fully saturated rings. The van der Waals surface area contributed by atoms with Gasteiger partial charge in [0.15, 0.2) is 0 Å². The van der Waals surface area contributed by atoms with E-state index in [1.54, 1.807) is 16.4 Å². The number of allylic oxidation sites excluding steroid dienone is 2. The Morgan fingerprint density at radius 2 is 1.88 bits per heavy atom. The lowest BCUT2D eigenvalue weighted by Crippen LogP contribution is -2.30. The highest BCUT2D eigenvalue weighted by Gasteiger charge is 2.45. The van der Waals surface area contributed by atoms with E-state index >= 15 is 0 Å². The number of rotatable bonds is 3. The molecule has 0 radical (unpaired) electrons. The van der Waals surface area contributed by atoms with Crippen LogP contribution in [0.3, 0.4) is 0 Å². The molecule has 3 nitrogen and oxygen atoms in total. The number of fused-ring (bicyclic) bond motifs is 1. The standard InChI is InChI=1S/C20H27NO2S/c1-15(2)17-6-5-7-18-13-21(14-20(18,4)12-17)24(22,23)19-10-8-16(3)9-11-19/h5,7-12,15,18H,6,13-14H2,1-4H3/t18-,20-/m0/s1. The number of hydrogen-bond acceptors (Lipinski definition) is 2. The molecule has 1 aromatic rings. The molecule has 130 valence electrons. The summed E-state index contributed by atoms with van der Waals surface area (Å²) in [6.45, 7) is 9.69. The number of benzene rings is 1. The van der Waals surface area contributed by atoms with Crippen molar-refractivity contribution in [2.75, 3.05) is 13.1 Å². The highest BCUT2D eigenvalue weighted by Crippen LogP contribution is 2.43. The average Bonchev–Trinajstić information content (AvgIpc) is 2.75. The quantitative estimate of drug-likeness (QED) is 0.771. The van der Waals surface area contributed by atoms with E-state index in [4.69, 9.17) is 0 Å². The van der Waals surface area contributed by atoms with E-state index in [1.807, 2.05) is 19.1 Å². The van der Waals surface area contributed by atoms with Gasteiger partial charge in [-0.3, -0.25) is 0 Å². The Labute approximate surface area is 146 Å². The number of aryl methyl sites for hydroxylation is 1. The van der Waals surface area contributed by atoms with Crippen LogP contribution in [0.1, 0.15) is 32.8 Å². The fraction of sp³-hybridized carbons (Fsp3) is 0.500. The van der Waals surface area contributed by atoms with E-state index < -0.39 is 10.0 Å². The Bertz CT molecular complexity index is 774. The van der Waals surface area contributed by atoms with E-state index in [9.17, 15) is 8.42 Å². The molecule has 0 spiro atoms. The first kappa shape index (κ1) is 17.4. The van der Waals surface area contributed by atoms with Gasteiger partial charge in [0, 0.05) is 24.4 Å². The summed E-state index contributed by atoms with van der Waals surface area (Å²) in [6, 6.07) is 7.15. The lowest BCUT2D eigenvalue weighted by Gasteiger charge is -2.26. The first-order valence-corrected chi connectivity index (χ1v) is 10.1. The maximum Gasteiger partial charge on any atom is 0.243 e. The fourth-order valence-electron chi connectivity index (χ4n) is 3.72. The van der Waals surface area contributed by atoms with E-state index in [0.29, 0.717) is 23.9 Å². The van der Waals surface area contributed by atoms with Crippen LogP contribution < -0.4 is 0 Å². The summed E-state index contributed by atoms with van der Waals surface area (Å²) < 4.78 is 27.7. The van der Waals surface area contributed by atoms with Crippen molar-refractivity contribution in [3.8, 4) is 0 Å². The van der Waals surface area contributed by atoms with Gasteiger partial charge < -0.3 is 0 Å². The SMILES string of the molecule is Cc1ccc(S(=O)(=O)N2C[C@@H]3C=CCC(C(C)C)=C[C@@]3(C)C2)cc1. The van der Waals surface area contributed by atoms with Gasteiger partial charge in [-0.2, -0.15) is 4.31 Å². The maximum absolute atomic E-state index is 13.0. The van der Waals surface area contributed by atoms with Gasteiger partial charge in [-0.1, -0.05) is 62.3 Å². The normalized spacial score (nSPS) is 27.9. The predicted octanol–water partition coefficient (Wildman–Crippen LogP) is 4.16. The third-order valence-corrected chi connectivity index (χ3v) is 7.23. The van der Waals surface area contributed by atoms with Crippen LogP contribution in [-0.2, 0) is 10.0 Å². The third-order valence-electron chi connectivity index (χ3n) is 5.40. The molecule has 2 aliphatic rings. The summed E-state index contributed by atoms with van der Waals surface area (Å²) in [5.41, 5.74) is 2.36. The summed E-state index contributed by atoms with van der Waals surface area (Å²) in [5, 5.41) is 0. The Hall–Kier alpha value is -1.39. The summed E-state index contributed by atoms with van der Waals surface area (Å²) >= 11 is 0. The first-order valence-electron chi connectivity index (χ1n) is 8.67. The molecule has 0 unspecified atom stereocenters. The van der Waals surface area contributed by atoms with Crippen molar-refractivity contribution in [2.45, 2.75) is 39.0 Å². The molecule has 1 aliphatic carbocycles. The van der Waals surface area contributed by atoms with Crippen LogP contribution in [-0.4, -0.2) is 25.8 Å². The largest absolute Gasteiger partial charge is 0.243 e. The van der Waals surface area contributed by atoms with Gasteiger partial charge in [-0.15, -0.1) is 0 Å². The van der Waals surface area contributed by atoms with Gasteiger partial charge in [-0.25, -0.2) is 8.42 Å². The topological polar surface area (TPSA) is 37.4 Å². The van der Waals surface area contributed by atoms with Crippen LogP contribution in [0.4, 0.5) is 0 Å². The minimum Gasteiger partial charge on any atom is -0.207 e. The fourth-order valence-corrected chi connectivity index (χ4v) is 5.30. The summed E-state index contributed by atoms with van der Waals surface area (Å²) in [6.07, 6.45) is 7.75. The molecular formula is C20H27NO2S. The molecule has 1 heterocycles. The zero-order valence-corrected chi connectivity index (χ0v) is 15.8. The molecule has 24 heavy (non-hydrogen) atoms. The van der Waals surface area contributed by atoms with Crippen molar-refractivity contribution in [1.29, 1.82) is 0 Å². The summed E-state index contributed by atoms with van der Waals surface area (Å²) in [5.74, 6) is 0.738. The van der Waals surface area contributed by atoms with Gasteiger partial charge in [0.05, 0.1) is 4.90 Å². The van der Waals surface area contributed by atoms with Gasteiger partial charge in [0.25, 0.3) is 0 Å². The molecule has 0 amide bonds. The summed E-state index contributed by atoms with van der Waals surface area (Å²) in [7, 11) is -3.43. The number of nitrogens with zero attached hydrogens (tertiary/aromatic N) is 1. The van der Waals surface area contributed by atoms with E-state index in [0.717, 1.165) is 12.0 Å². The molecule has 0 N–H and O–H groups in total. The van der Waals surface area contributed by atoms with Crippen LogP contribution in [0, 0.1) is 24.2 Å². The first-order chi connectivity index (χ1) is 11.2. The van der Waals surface area contributed by atoms with Gasteiger partial charge in [-0.05, 0) is 31.4 Å². The molecule has 0 saturated carbocycles. The van der Waals surface area contributed by atoms with Gasteiger partial charge in [0.1, 0.15) is 0 Å². The lowest BCUT2D eigenvalue weighted by atomic mass is 9.78. The molecular weight excluding hydrogens is 318 g/mol. The van der Waals surface area contributed by atoms with Crippen molar-refractivity contribution in [3.05, 3.63) is 53.6 Å².